The SMILES string of the molecule is COC(=O)c1ccc(Cl)c([N+](=O)[O-])c1.COC(=O)c1ccc(NC2CCCCC2)c(N)c1.COC(=O)c1ccc(NC2CCCCC2)c([N+](=O)[O-])c1.NC1[CH+]CCCC1. The zero-order chi connectivity index (χ0) is 43.3. The molecule has 59 heavy (non-hydrogen) atoms. The molecule has 0 radical (unpaired) electrons. The number of nitrogens with two attached hydrogens (primary N) is 2. The highest BCUT2D eigenvalue weighted by Gasteiger charge is 2.22. The number of nitro benzene ring substituents is 2. The monoisotopic (exact) mass is 839 g/mol. The third-order valence-corrected chi connectivity index (χ3v) is 10.4. The van der Waals surface area contributed by atoms with Gasteiger partial charge in [0.05, 0.1) is 72.1 Å². The molecule has 3 aliphatic carbocycles. The zero-order valence-corrected chi connectivity index (χ0v) is 34.7. The summed E-state index contributed by atoms with van der Waals surface area (Å²) in [4.78, 5) is 54.3. The van der Waals surface area contributed by atoms with Crippen molar-refractivity contribution < 1.29 is 38.4 Å². The van der Waals surface area contributed by atoms with Crippen LogP contribution in [0.5, 0.6) is 0 Å². The van der Waals surface area contributed by atoms with Crippen molar-refractivity contribution in [2.45, 2.75) is 108 Å². The van der Waals surface area contributed by atoms with E-state index in [-0.39, 0.29) is 39.5 Å². The van der Waals surface area contributed by atoms with Crippen LogP contribution in [0.3, 0.4) is 0 Å². The van der Waals surface area contributed by atoms with Crippen LogP contribution in [0, 0.1) is 26.6 Å². The molecular formula is C42H56ClN6O10+. The van der Waals surface area contributed by atoms with Crippen molar-refractivity contribution in [1.29, 1.82) is 0 Å². The maximum Gasteiger partial charge on any atom is 0.338 e. The van der Waals surface area contributed by atoms with Crippen molar-refractivity contribution in [2.75, 3.05) is 37.7 Å². The van der Waals surface area contributed by atoms with E-state index in [1.165, 1.54) is 104 Å². The second-order valence-electron chi connectivity index (χ2n) is 14.3. The largest absolute Gasteiger partial charge is 0.465 e. The molecule has 3 aromatic rings. The average molecular weight is 840 g/mol. The Balaban J connectivity index is 0.000000221. The molecule has 0 bridgehead atoms. The summed E-state index contributed by atoms with van der Waals surface area (Å²) in [5.41, 5.74) is 13.9. The number of esters is 3. The second-order valence-corrected chi connectivity index (χ2v) is 14.7. The van der Waals surface area contributed by atoms with Crippen molar-refractivity contribution in [3.63, 3.8) is 0 Å². The van der Waals surface area contributed by atoms with Crippen molar-refractivity contribution in [2.24, 2.45) is 5.73 Å². The van der Waals surface area contributed by atoms with Gasteiger partial charge in [-0.05, 0) is 81.0 Å². The number of rotatable bonds is 9. The molecule has 1 atom stereocenters. The first-order chi connectivity index (χ1) is 28.3. The highest BCUT2D eigenvalue weighted by Crippen LogP contribution is 2.30. The fourth-order valence-electron chi connectivity index (χ4n) is 6.79. The number of nitrogens with one attached hydrogen (secondary N) is 2. The van der Waals surface area contributed by atoms with Gasteiger partial charge in [-0.15, -0.1) is 0 Å². The minimum Gasteiger partial charge on any atom is -0.465 e. The molecular weight excluding hydrogens is 784 g/mol. The summed E-state index contributed by atoms with van der Waals surface area (Å²) in [6.45, 7) is 0. The molecule has 6 N–H and O–H groups in total. The maximum absolute atomic E-state index is 11.4. The van der Waals surface area contributed by atoms with Crippen LogP contribution >= 0.6 is 11.6 Å². The summed E-state index contributed by atoms with van der Waals surface area (Å²) < 4.78 is 13.7. The van der Waals surface area contributed by atoms with E-state index in [1.54, 1.807) is 24.3 Å². The van der Waals surface area contributed by atoms with E-state index in [4.69, 9.17) is 23.1 Å². The molecule has 16 nitrogen and oxygen atoms in total. The number of ether oxygens (including phenoxy) is 3. The van der Waals surface area contributed by atoms with Crippen LogP contribution in [0.4, 0.5) is 28.4 Å². The number of nitrogens with zero attached hydrogens (tertiary/aromatic N) is 2. The van der Waals surface area contributed by atoms with Gasteiger partial charge in [0.1, 0.15) is 16.8 Å². The lowest BCUT2D eigenvalue weighted by molar-refractivity contribution is -0.384. The van der Waals surface area contributed by atoms with Crippen molar-refractivity contribution >= 4 is 57.9 Å². The number of hydrogen-bond donors (Lipinski definition) is 4. The molecule has 0 heterocycles. The van der Waals surface area contributed by atoms with Gasteiger partial charge in [0, 0.05) is 30.6 Å². The van der Waals surface area contributed by atoms with E-state index >= 15 is 0 Å². The zero-order valence-electron chi connectivity index (χ0n) is 33.9. The summed E-state index contributed by atoms with van der Waals surface area (Å²) in [6, 6.07) is 14.6. The van der Waals surface area contributed by atoms with Crippen LogP contribution in [-0.2, 0) is 14.2 Å². The van der Waals surface area contributed by atoms with Crippen molar-refractivity contribution in [3.8, 4) is 0 Å². The number of nitro groups is 2. The van der Waals surface area contributed by atoms with Crippen LogP contribution in [0.2, 0.25) is 5.02 Å². The summed E-state index contributed by atoms with van der Waals surface area (Å²) in [6.07, 6.45) is 19.2. The van der Waals surface area contributed by atoms with E-state index in [2.05, 4.69) is 31.3 Å². The van der Waals surface area contributed by atoms with Crippen LogP contribution in [0.25, 0.3) is 0 Å². The number of hydrogen-bond acceptors (Lipinski definition) is 14. The van der Waals surface area contributed by atoms with Gasteiger partial charge in [-0.1, -0.05) is 50.1 Å². The standard InChI is InChI=1S/C14H18N2O4.C14H20N2O2.C8H6ClNO4.C6H12N/c1-20-14(17)10-7-8-12(13(9-10)16(18)19)15-11-5-3-2-4-6-11;1-18-14(17)10-7-8-13(12(15)9-10)16-11-5-3-2-4-6-11;1-14-8(11)5-2-3-6(9)7(4-5)10(12)13;7-6-4-2-1-3-5-6/h7-9,11,15H,2-6H2,1H3;7-9,11,16H,2-6,15H2,1H3;2-4H,1H3;4,6H,1-3,5,7H2/q;;;+1. The molecule has 3 saturated carbocycles. The Labute approximate surface area is 350 Å². The fraction of sp³-hybridized carbons (Fsp3) is 0.476. The normalized spacial score (nSPS) is 16.3. The van der Waals surface area contributed by atoms with E-state index in [0.717, 1.165) is 37.4 Å². The summed E-state index contributed by atoms with van der Waals surface area (Å²) in [5.74, 6) is -1.56. The minimum atomic E-state index is -0.658. The van der Waals surface area contributed by atoms with Gasteiger partial charge in [0.2, 0.25) is 0 Å². The molecule has 0 amide bonds. The van der Waals surface area contributed by atoms with E-state index < -0.39 is 21.8 Å². The molecule has 0 saturated heterocycles. The molecule has 0 aliphatic heterocycles. The number of halogens is 1. The van der Waals surface area contributed by atoms with Gasteiger partial charge < -0.3 is 30.6 Å². The first-order valence-electron chi connectivity index (χ1n) is 19.8. The number of carbonyl (C=O) groups is 3. The van der Waals surface area contributed by atoms with Gasteiger partial charge >= 0.3 is 17.9 Å². The molecule has 0 aromatic heterocycles. The Kier molecular flexibility index (Phi) is 20.2. The lowest BCUT2D eigenvalue weighted by Crippen LogP contribution is -2.22. The Hall–Kier alpha value is -5.61. The molecule has 3 aliphatic rings. The lowest BCUT2D eigenvalue weighted by atomic mass is 9.95. The smallest absolute Gasteiger partial charge is 0.338 e. The van der Waals surface area contributed by atoms with Crippen molar-refractivity contribution in [1.82, 2.24) is 0 Å². The Bertz CT molecular complexity index is 1860. The van der Waals surface area contributed by atoms with Gasteiger partial charge in [-0.25, -0.2) is 14.4 Å². The third-order valence-electron chi connectivity index (χ3n) is 10.0. The number of anilines is 3. The van der Waals surface area contributed by atoms with Gasteiger partial charge in [-0.2, -0.15) is 0 Å². The topological polar surface area (TPSA) is 241 Å². The molecule has 0 spiro atoms. The first-order valence-corrected chi connectivity index (χ1v) is 20.1. The van der Waals surface area contributed by atoms with Crippen molar-refractivity contribution in [3.05, 3.63) is 103 Å². The van der Waals surface area contributed by atoms with Crippen LogP contribution in [0.15, 0.2) is 54.6 Å². The quantitative estimate of drug-likeness (QED) is 0.0392. The predicted molar refractivity (Wildman–Crippen MR) is 228 cm³/mol. The summed E-state index contributed by atoms with van der Waals surface area (Å²) in [5, 5.41) is 28.3. The van der Waals surface area contributed by atoms with Crippen LogP contribution in [0.1, 0.15) is 121 Å². The van der Waals surface area contributed by atoms with Gasteiger partial charge in [0.15, 0.2) is 0 Å². The van der Waals surface area contributed by atoms with Crippen LogP contribution in [-0.4, -0.2) is 67.2 Å². The first kappa shape index (κ1) is 47.8. The highest BCUT2D eigenvalue weighted by molar-refractivity contribution is 6.32. The van der Waals surface area contributed by atoms with E-state index in [9.17, 15) is 34.6 Å². The molecule has 1 unspecified atom stereocenters. The van der Waals surface area contributed by atoms with Gasteiger partial charge in [0.25, 0.3) is 11.4 Å². The Morgan fingerprint density at radius 3 is 1.47 bits per heavy atom. The predicted octanol–water partition coefficient (Wildman–Crippen LogP) is 9.05. The molecule has 320 valence electrons. The van der Waals surface area contributed by atoms with E-state index in [0.29, 0.717) is 29.0 Å². The number of carbonyl (C=O) groups excluding carboxylic acids is 3. The van der Waals surface area contributed by atoms with Gasteiger partial charge in [-0.3, -0.25) is 26.0 Å². The fourth-order valence-corrected chi connectivity index (χ4v) is 6.98. The lowest BCUT2D eigenvalue weighted by Gasteiger charge is -2.24. The molecule has 3 fully saturated rings. The number of benzene rings is 3. The second kappa shape index (κ2) is 25.0. The molecule has 17 heteroatoms. The summed E-state index contributed by atoms with van der Waals surface area (Å²) in [7, 11) is 3.82. The Morgan fingerprint density at radius 1 is 0.644 bits per heavy atom. The highest BCUT2D eigenvalue weighted by atomic mass is 35.5. The Morgan fingerprint density at radius 2 is 1.07 bits per heavy atom. The summed E-state index contributed by atoms with van der Waals surface area (Å²) >= 11 is 5.55. The minimum absolute atomic E-state index is 0.0114. The number of nitrogen functional groups attached to an aromatic ring is 1. The van der Waals surface area contributed by atoms with Crippen LogP contribution < -0.4 is 22.1 Å². The van der Waals surface area contributed by atoms with E-state index in [1.807, 2.05) is 6.07 Å². The molecule has 6 rings (SSSR count). The average Bonchev–Trinajstić information content (AvgIpc) is 3.25. The molecule has 3 aromatic carbocycles. The number of methoxy groups -OCH3 is 3. The third kappa shape index (κ3) is 15.9. The maximum atomic E-state index is 11.4.